The number of esters is 1. The quantitative estimate of drug-likeness (QED) is 0.428. The van der Waals surface area contributed by atoms with Crippen molar-refractivity contribution in [2.24, 2.45) is 17.3 Å². The Morgan fingerprint density at radius 1 is 1.28 bits per heavy atom. The van der Waals surface area contributed by atoms with Crippen LogP contribution in [0.2, 0.25) is 0 Å². The molecule has 0 bridgehead atoms. The SMILES string of the molecule is COCP(NCC(=O)OC(C)C)Oc1ccc2c(c1)CCC1C2CCC2(C)C(O)CCC12. The van der Waals surface area contributed by atoms with Crippen LogP contribution in [0.3, 0.4) is 0 Å². The molecule has 3 aliphatic carbocycles. The van der Waals surface area contributed by atoms with E-state index in [0.717, 1.165) is 31.4 Å². The summed E-state index contributed by atoms with van der Waals surface area (Å²) in [4.78, 5) is 11.9. The van der Waals surface area contributed by atoms with E-state index < -0.39 is 8.30 Å². The standard InChI is InChI=1S/C25H38NO5P/c1-16(2)30-24(28)14-26-32(15-29-4)31-18-6-8-19-17(13-18)5-7-21-20(19)11-12-25(3)22(21)9-10-23(25)27/h6,8,13,16,20-23,26-27H,5,7,9-12,14-15H2,1-4H3. The summed E-state index contributed by atoms with van der Waals surface area (Å²) in [6.07, 6.45) is 6.81. The first-order chi connectivity index (χ1) is 15.3. The summed E-state index contributed by atoms with van der Waals surface area (Å²) >= 11 is 0. The van der Waals surface area contributed by atoms with Gasteiger partial charge in [0.2, 0.25) is 0 Å². The molecule has 7 heteroatoms. The monoisotopic (exact) mass is 463 g/mol. The Kier molecular flexibility index (Phi) is 7.46. The molecule has 0 radical (unpaired) electrons. The van der Waals surface area contributed by atoms with Crippen LogP contribution in [0.1, 0.15) is 69.9 Å². The molecule has 0 amide bonds. The minimum absolute atomic E-state index is 0.105. The van der Waals surface area contributed by atoms with E-state index in [-0.39, 0.29) is 30.1 Å². The van der Waals surface area contributed by atoms with Crippen molar-refractivity contribution in [3.8, 4) is 5.75 Å². The van der Waals surface area contributed by atoms with Crippen LogP contribution in [0.5, 0.6) is 5.75 Å². The number of nitrogens with one attached hydrogen (secondary N) is 1. The van der Waals surface area contributed by atoms with E-state index in [4.69, 9.17) is 14.0 Å². The number of carbonyl (C=O) groups is 1. The number of rotatable bonds is 8. The largest absolute Gasteiger partial charge is 0.462 e. The van der Waals surface area contributed by atoms with Crippen molar-refractivity contribution in [1.29, 1.82) is 0 Å². The molecule has 0 aromatic heterocycles. The zero-order chi connectivity index (χ0) is 22.9. The summed E-state index contributed by atoms with van der Waals surface area (Å²) in [5, 5.41) is 13.7. The second kappa shape index (κ2) is 9.97. The fraction of sp³-hybridized carbons (Fsp3) is 0.720. The molecule has 0 spiro atoms. The maximum atomic E-state index is 11.9. The highest BCUT2D eigenvalue weighted by Gasteiger charge is 2.54. The van der Waals surface area contributed by atoms with Crippen LogP contribution < -0.4 is 9.61 Å². The molecular formula is C25H38NO5P. The molecular weight excluding hydrogens is 425 g/mol. The Morgan fingerprint density at radius 2 is 2.09 bits per heavy atom. The average molecular weight is 464 g/mol. The third-order valence-electron chi connectivity index (χ3n) is 7.88. The van der Waals surface area contributed by atoms with Crippen LogP contribution in [-0.2, 0) is 20.7 Å². The second-order valence-corrected chi connectivity index (χ2v) is 11.7. The van der Waals surface area contributed by atoms with Crippen LogP contribution in [-0.4, -0.2) is 43.3 Å². The highest BCUT2D eigenvalue weighted by Crippen LogP contribution is 2.61. The van der Waals surface area contributed by atoms with Crippen LogP contribution in [0.4, 0.5) is 0 Å². The predicted octanol–water partition coefficient (Wildman–Crippen LogP) is 4.74. The molecule has 0 heterocycles. The number of hydrogen-bond donors (Lipinski definition) is 2. The molecule has 32 heavy (non-hydrogen) atoms. The van der Waals surface area contributed by atoms with Gasteiger partial charge in [-0.25, -0.2) is 0 Å². The van der Waals surface area contributed by atoms with E-state index in [9.17, 15) is 9.90 Å². The molecule has 0 aliphatic heterocycles. The van der Waals surface area contributed by atoms with Crippen LogP contribution >= 0.6 is 8.30 Å². The molecule has 2 saturated carbocycles. The smallest absolute Gasteiger partial charge is 0.320 e. The van der Waals surface area contributed by atoms with E-state index >= 15 is 0 Å². The van der Waals surface area contributed by atoms with Gasteiger partial charge in [0.25, 0.3) is 0 Å². The van der Waals surface area contributed by atoms with E-state index in [1.165, 1.54) is 24.0 Å². The van der Waals surface area contributed by atoms with Gasteiger partial charge >= 0.3 is 5.97 Å². The fourth-order valence-corrected chi connectivity index (χ4v) is 7.51. The van der Waals surface area contributed by atoms with Gasteiger partial charge in [0.05, 0.1) is 12.2 Å². The second-order valence-electron chi connectivity index (χ2n) is 10.2. The zero-order valence-electron chi connectivity index (χ0n) is 19.8. The van der Waals surface area contributed by atoms with E-state index in [1.807, 2.05) is 13.8 Å². The molecule has 2 fully saturated rings. The molecule has 3 aliphatic rings. The Labute approximate surface area is 193 Å². The Bertz CT molecular complexity index is 818. The number of benzene rings is 1. The van der Waals surface area contributed by atoms with Crippen molar-refractivity contribution in [3.63, 3.8) is 0 Å². The van der Waals surface area contributed by atoms with Gasteiger partial charge in [-0.15, -0.1) is 0 Å². The van der Waals surface area contributed by atoms with Crippen LogP contribution in [0.15, 0.2) is 18.2 Å². The highest BCUT2D eigenvalue weighted by molar-refractivity contribution is 7.50. The summed E-state index contributed by atoms with van der Waals surface area (Å²) in [7, 11) is 0.492. The molecule has 6 unspecified atom stereocenters. The predicted molar refractivity (Wildman–Crippen MR) is 126 cm³/mol. The minimum atomic E-state index is -1.14. The number of methoxy groups -OCH3 is 1. The molecule has 1 aromatic carbocycles. The Morgan fingerprint density at radius 3 is 2.84 bits per heavy atom. The Hall–Kier alpha value is -1.20. The molecule has 2 N–H and O–H groups in total. The number of hydrogen-bond acceptors (Lipinski definition) is 6. The van der Waals surface area contributed by atoms with Crippen molar-refractivity contribution in [3.05, 3.63) is 29.3 Å². The van der Waals surface area contributed by atoms with Crippen LogP contribution in [0.25, 0.3) is 0 Å². The lowest BCUT2D eigenvalue weighted by Gasteiger charge is -2.50. The zero-order valence-corrected chi connectivity index (χ0v) is 20.7. The molecule has 0 saturated heterocycles. The van der Waals surface area contributed by atoms with Crippen LogP contribution in [0, 0.1) is 17.3 Å². The maximum absolute atomic E-state index is 11.9. The lowest BCUT2D eigenvalue weighted by atomic mass is 9.55. The number of carbonyl (C=O) groups excluding carboxylic acids is 1. The van der Waals surface area contributed by atoms with E-state index in [1.54, 1.807) is 7.11 Å². The van der Waals surface area contributed by atoms with Gasteiger partial charge in [0.15, 0.2) is 8.30 Å². The summed E-state index contributed by atoms with van der Waals surface area (Å²) in [6, 6.07) is 6.50. The number of fused-ring (bicyclic) bond motifs is 5. The summed E-state index contributed by atoms with van der Waals surface area (Å²) in [6.45, 7) is 6.10. The number of aliphatic hydroxyl groups excluding tert-OH is 1. The normalized spacial score (nSPS) is 32.1. The number of aryl methyl sites for hydroxylation is 1. The van der Waals surface area contributed by atoms with Gasteiger partial charge in [-0.3, -0.25) is 9.88 Å². The number of aliphatic hydroxyl groups is 1. The molecule has 6 nitrogen and oxygen atoms in total. The van der Waals surface area contributed by atoms with Gasteiger partial charge in [0.1, 0.15) is 18.6 Å². The number of ether oxygens (including phenoxy) is 2. The third kappa shape index (κ3) is 4.84. The van der Waals surface area contributed by atoms with Gasteiger partial charge < -0.3 is 19.1 Å². The first-order valence-electron chi connectivity index (χ1n) is 12.0. The van der Waals surface area contributed by atoms with Gasteiger partial charge in [-0.05, 0) is 98.8 Å². The Balaban J connectivity index is 1.42. The third-order valence-corrected chi connectivity index (χ3v) is 9.31. The average Bonchev–Trinajstić information content (AvgIpc) is 3.06. The lowest BCUT2D eigenvalue weighted by Crippen LogP contribution is -2.43. The molecule has 4 rings (SSSR count). The van der Waals surface area contributed by atoms with Crippen molar-refractivity contribution in [1.82, 2.24) is 5.09 Å². The van der Waals surface area contributed by atoms with Crippen molar-refractivity contribution in [2.75, 3.05) is 20.0 Å². The topological polar surface area (TPSA) is 77.0 Å². The summed E-state index contributed by atoms with van der Waals surface area (Å²) in [5.74, 6) is 2.46. The first kappa shape index (κ1) is 23.9. The van der Waals surface area contributed by atoms with Gasteiger partial charge in [-0.2, -0.15) is 0 Å². The van der Waals surface area contributed by atoms with E-state index in [2.05, 4.69) is 30.2 Å². The van der Waals surface area contributed by atoms with Gasteiger partial charge in [-0.1, -0.05) is 13.0 Å². The summed E-state index contributed by atoms with van der Waals surface area (Å²) in [5.41, 5.74) is 2.97. The highest BCUT2D eigenvalue weighted by atomic mass is 31.2. The first-order valence-corrected chi connectivity index (χ1v) is 13.4. The van der Waals surface area contributed by atoms with Gasteiger partial charge in [0, 0.05) is 7.11 Å². The molecule has 6 atom stereocenters. The van der Waals surface area contributed by atoms with Crippen molar-refractivity contribution < 1.29 is 23.9 Å². The van der Waals surface area contributed by atoms with Crippen molar-refractivity contribution in [2.45, 2.75) is 77.4 Å². The maximum Gasteiger partial charge on any atom is 0.320 e. The minimum Gasteiger partial charge on any atom is -0.462 e. The molecule has 1 aromatic rings. The summed E-state index contributed by atoms with van der Waals surface area (Å²) < 4.78 is 16.7. The van der Waals surface area contributed by atoms with Crippen molar-refractivity contribution >= 4 is 14.3 Å². The molecule has 178 valence electrons. The lowest BCUT2D eigenvalue weighted by molar-refractivity contribution is -0.145. The fourth-order valence-electron chi connectivity index (χ4n) is 6.39. The van der Waals surface area contributed by atoms with E-state index in [0.29, 0.717) is 24.1 Å².